The van der Waals surface area contributed by atoms with Crippen LogP contribution >= 0.6 is 15.9 Å². The third-order valence-electron chi connectivity index (χ3n) is 2.54. The van der Waals surface area contributed by atoms with Crippen LogP contribution in [0, 0.1) is 0 Å². The van der Waals surface area contributed by atoms with Crippen molar-refractivity contribution in [1.82, 2.24) is 4.98 Å². The van der Waals surface area contributed by atoms with Gasteiger partial charge in [-0.2, -0.15) is 0 Å². The monoisotopic (exact) mass is 335 g/mol. The molecule has 0 N–H and O–H groups in total. The Kier molecular flexibility index (Phi) is 5.12. The van der Waals surface area contributed by atoms with E-state index in [1.165, 1.54) is 0 Å². The van der Waals surface area contributed by atoms with Crippen molar-refractivity contribution < 1.29 is 14.3 Å². The first-order chi connectivity index (χ1) is 9.70. The first-order valence-corrected chi connectivity index (χ1v) is 6.98. The van der Waals surface area contributed by atoms with Gasteiger partial charge in [0.1, 0.15) is 5.75 Å². The Balaban J connectivity index is 2.25. The van der Waals surface area contributed by atoms with Gasteiger partial charge in [-0.3, -0.25) is 4.98 Å². The fourth-order valence-electron chi connectivity index (χ4n) is 1.69. The molecular formula is C15H14BrNO3. The number of rotatable bonds is 5. The molecule has 0 amide bonds. The Labute approximate surface area is 125 Å². The molecule has 1 heterocycles. The van der Waals surface area contributed by atoms with Crippen LogP contribution in [0.3, 0.4) is 0 Å². The minimum atomic E-state index is -0.799. The molecule has 1 atom stereocenters. The summed E-state index contributed by atoms with van der Waals surface area (Å²) in [6, 6.07) is 11.0. The molecule has 5 heteroatoms. The summed E-state index contributed by atoms with van der Waals surface area (Å²) >= 11 is 3.32. The average Bonchev–Trinajstić information content (AvgIpc) is 2.46. The van der Waals surface area contributed by atoms with Crippen molar-refractivity contribution >= 4 is 21.9 Å². The maximum absolute atomic E-state index is 12.1. The number of aromatic nitrogens is 1. The van der Waals surface area contributed by atoms with Crippen molar-refractivity contribution in [3.63, 3.8) is 0 Å². The highest BCUT2D eigenvalue weighted by molar-refractivity contribution is 9.10. The van der Waals surface area contributed by atoms with Crippen molar-refractivity contribution in [1.29, 1.82) is 0 Å². The number of pyridine rings is 1. The van der Waals surface area contributed by atoms with Gasteiger partial charge < -0.3 is 9.47 Å². The summed E-state index contributed by atoms with van der Waals surface area (Å²) in [5.74, 6) is 0.0833. The van der Waals surface area contributed by atoms with Gasteiger partial charge in [0, 0.05) is 16.2 Å². The number of hydrogen-bond acceptors (Lipinski definition) is 4. The quantitative estimate of drug-likeness (QED) is 0.784. The molecule has 0 saturated heterocycles. The fraction of sp³-hybridized carbons (Fsp3) is 0.200. The number of hydrogen-bond donors (Lipinski definition) is 0. The molecule has 0 aliphatic heterocycles. The first kappa shape index (κ1) is 14.5. The molecule has 0 saturated carbocycles. The molecule has 0 radical (unpaired) electrons. The average molecular weight is 336 g/mol. The molecule has 2 rings (SSSR count). The number of carbonyl (C=O) groups is 1. The summed E-state index contributed by atoms with van der Waals surface area (Å²) in [4.78, 5) is 16.1. The van der Waals surface area contributed by atoms with Crippen LogP contribution in [0.25, 0.3) is 0 Å². The minimum Gasteiger partial charge on any atom is -0.472 e. The Morgan fingerprint density at radius 3 is 2.70 bits per heavy atom. The number of halogens is 1. The fourth-order valence-corrected chi connectivity index (χ4v) is 2.03. The van der Waals surface area contributed by atoms with Gasteiger partial charge >= 0.3 is 5.97 Å². The summed E-state index contributed by atoms with van der Waals surface area (Å²) in [5.41, 5.74) is 0.742. The predicted octanol–water partition coefficient (Wildman–Crippen LogP) is 3.53. The largest absolute Gasteiger partial charge is 0.472 e. The normalized spacial score (nSPS) is 11.7. The van der Waals surface area contributed by atoms with Crippen molar-refractivity contribution in [2.45, 2.75) is 13.0 Å². The topological polar surface area (TPSA) is 48.4 Å². The number of esters is 1. The first-order valence-electron chi connectivity index (χ1n) is 6.19. The number of benzene rings is 1. The molecule has 1 aromatic carbocycles. The highest BCUT2D eigenvalue weighted by Crippen LogP contribution is 2.24. The molecule has 1 aromatic heterocycles. The van der Waals surface area contributed by atoms with E-state index in [1.54, 1.807) is 25.4 Å². The van der Waals surface area contributed by atoms with Crippen LogP contribution in [-0.4, -0.2) is 17.6 Å². The van der Waals surface area contributed by atoms with E-state index in [0.717, 1.165) is 10.0 Å². The second-order valence-electron chi connectivity index (χ2n) is 4.00. The minimum absolute atomic E-state index is 0.308. The van der Waals surface area contributed by atoms with Gasteiger partial charge in [-0.15, -0.1) is 0 Å². The Morgan fingerprint density at radius 2 is 2.05 bits per heavy atom. The van der Waals surface area contributed by atoms with Gasteiger partial charge in [-0.1, -0.05) is 30.3 Å². The molecule has 0 spiro atoms. The lowest BCUT2D eigenvalue weighted by Gasteiger charge is -2.17. The molecule has 0 fully saturated rings. The maximum Gasteiger partial charge on any atom is 0.352 e. The molecular weight excluding hydrogens is 322 g/mol. The van der Waals surface area contributed by atoms with Crippen LogP contribution in [0.1, 0.15) is 18.6 Å². The SMILES string of the molecule is CCOC(=O)C(Oc1cncc(Br)c1)c1ccccc1. The molecule has 104 valence electrons. The molecule has 1 unspecified atom stereocenters. The summed E-state index contributed by atoms with van der Waals surface area (Å²) in [6.07, 6.45) is 2.40. The van der Waals surface area contributed by atoms with Crippen molar-refractivity contribution in [2.24, 2.45) is 0 Å². The third-order valence-corrected chi connectivity index (χ3v) is 2.97. The van der Waals surface area contributed by atoms with E-state index in [0.29, 0.717) is 12.4 Å². The van der Waals surface area contributed by atoms with Gasteiger partial charge in [-0.05, 0) is 28.9 Å². The zero-order valence-electron chi connectivity index (χ0n) is 11.0. The maximum atomic E-state index is 12.1. The van der Waals surface area contributed by atoms with Crippen LogP contribution in [0.15, 0.2) is 53.3 Å². The lowest BCUT2D eigenvalue weighted by atomic mass is 10.1. The van der Waals surface area contributed by atoms with E-state index in [4.69, 9.17) is 9.47 Å². The van der Waals surface area contributed by atoms with Crippen LogP contribution in [-0.2, 0) is 9.53 Å². The van der Waals surface area contributed by atoms with Crippen LogP contribution in [0.4, 0.5) is 0 Å². The van der Waals surface area contributed by atoms with Crippen LogP contribution in [0.2, 0.25) is 0 Å². The summed E-state index contributed by atoms with van der Waals surface area (Å²) in [7, 11) is 0. The Morgan fingerprint density at radius 1 is 1.30 bits per heavy atom. The van der Waals surface area contributed by atoms with Gasteiger partial charge in [0.2, 0.25) is 6.10 Å². The number of carbonyl (C=O) groups excluding carboxylic acids is 1. The second-order valence-corrected chi connectivity index (χ2v) is 4.92. The van der Waals surface area contributed by atoms with Crippen LogP contribution < -0.4 is 4.74 Å². The number of ether oxygens (including phenoxy) is 2. The summed E-state index contributed by atoms with van der Waals surface area (Å²) < 4.78 is 11.6. The number of nitrogens with zero attached hydrogens (tertiary/aromatic N) is 1. The molecule has 0 aliphatic carbocycles. The van der Waals surface area contributed by atoms with Crippen LogP contribution in [0.5, 0.6) is 5.75 Å². The zero-order chi connectivity index (χ0) is 14.4. The van der Waals surface area contributed by atoms with E-state index < -0.39 is 12.1 Å². The summed E-state index contributed by atoms with van der Waals surface area (Å²) in [6.45, 7) is 2.07. The highest BCUT2D eigenvalue weighted by Gasteiger charge is 2.24. The second kappa shape index (κ2) is 7.05. The standard InChI is InChI=1S/C15H14BrNO3/c1-2-19-15(18)14(11-6-4-3-5-7-11)20-13-8-12(16)9-17-10-13/h3-10,14H,2H2,1H3. The smallest absolute Gasteiger partial charge is 0.352 e. The van der Waals surface area contributed by atoms with Crippen molar-refractivity contribution in [3.05, 3.63) is 58.8 Å². The van der Waals surface area contributed by atoms with Crippen molar-refractivity contribution in [2.75, 3.05) is 6.61 Å². The third kappa shape index (κ3) is 3.81. The lowest BCUT2D eigenvalue weighted by molar-refractivity contribution is -0.151. The molecule has 0 bridgehead atoms. The van der Waals surface area contributed by atoms with E-state index in [1.807, 2.05) is 30.3 Å². The molecule has 20 heavy (non-hydrogen) atoms. The van der Waals surface area contributed by atoms with Gasteiger partial charge in [0.05, 0.1) is 12.8 Å². The van der Waals surface area contributed by atoms with Gasteiger partial charge in [-0.25, -0.2) is 4.79 Å². The van der Waals surface area contributed by atoms with E-state index in [9.17, 15) is 4.79 Å². The molecule has 0 aliphatic rings. The van der Waals surface area contributed by atoms with E-state index in [2.05, 4.69) is 20.9 Å². The summed E-state index contributed by atoms with van der Waals surface area (Å²) in [5, 5.41) is 0. The van der Waals surface area contributed by atoms with Gasteiger partial charge in [0.15, 0.2) is 0 Å². The Hall–Kier alpha value is -1.88. The molecule has 4 nitrogen and oxygen atoms in total. The highest BCUT2D eigenvalue weighted by atomic mass is 79.9. The lowest BCUT2D eigenvalue weighted by Crippen LogP contribution is -2.21. The van der Waals surface area contributed by atoms with Gasteiger partial charge in [0.25, 0.3) is 0 Å². The molecule has 2 aromatic rings. The zero-order valence-corrected chi connectivity index (χ0v) is 12.5. The predicted molar refractivity (Wildman–Crippen MR) is 78.4 cm³/mol. The van der Waals surface area contributed by atoms with Crippen molar-refractivity contribution in [3.8, 4) is 5.75 Å². The van der Waals surface area contributed by atoms with E-state index >= 15 is 0 Å². The van der Waals surface area contributed by atoms with E-state index in [-0.39, 0.29) is 0 Å². The Bertz CT molecular complexity index is 574.